The maximum Gasteiger partial charge on any atom is 0.416 e. The minimum Gasteiger partial charge on any atom is -0.362 e. The number of allylic oxidation sites excluding steroid dienone is 3. The second-order valence-electron chi connectivity index (χ2n) is 7.82. The predicted molar refractivity (Wildman–Crippen MR) is 116 cm³/mol. The Bertz CT molecular complexity index is 1150. The molecule has 32 heavy (non-hydrogen) atoms. The second kappa shape index (κ2) is 8.47. The largest absolute Gasteiger partial charge is 0.416 e. The van der Waals surface area contributed by atoms with Gasteiger partial charge in [-0.25, -0.2) is 0 Å². The number of alkyl halides is 3. The molecular formula is C24H20ClF3N2O2. The van der Waals surface area contributed by atoms with Gasteiger partial charge in [-0.2, -0.15) is 13.2 Å². The van der Waals surface area contributed by atoms with Crippen LogP contribution in [0, 0.1) is 0 Å². The van der Waals surface area contributed by atoms with Crippen molar-refractivity contribution in [1.82, 2.24) is 5.32 Å². The number of nitrogens with one attached hydrogen (secondary N) is 2. The maximum atomic E-state index is 13.4. The van der Waals surface area contributed by atoms with Crippen molar-refractivity contribution in [3.63, 3.8) is 0 Å². The third-order valence-corrected chi connectivity index (χ3v) is 6.02. The first-order chi connectivity index (χ1) is 15.2. The minimum absolute atomic E-state index is 0.0155. The van der Waals surface area contributed by atoms with Gasteiger partial charge in [-0.15, -0.1) is 0 Å². The summed E-state index contributed by atoms with van der Waals surface area (Å²) in [6.45, 7) is 1.72. The van der Waals surface area contributed by atoms with Gasteiger partial charge < -0.3 is 10.6 Å². The lowest BCUT2D eigenvalue weighted by atomic mass is 9.75. The number of Topliss-reactive ketones (excluding diaryl/α,β-unsaturated/α-hetero) is 1. The highest BCUT2D eigenvalue weighted by molar-refractivity contribution is 6.34. The van der Waals surface area contributed by atoms with Crippen molar-refractivity contribution in [2.75, 3.05) is 5.32 Å². The molecule has 0 aromatic heterocycles. The summed E-state index contributed by atoms with van der Waals surface area (Å²) in [5.74, 6) is -1.28. The summed E-state index contributed by atoms with van der Waals surface area (Å²) in [6.07, 6.45) is -2.78. The van der Waals surface area contributed by atoms with E-state index in [-0.39, 0.29) is 22.1 Å². The van der Waals surface area contributed by atoms with Crippen LogP contribution in [0.5, 0.6) is 0 Å². The van der Waals surface area contributed by atoms with Crippen LogP contribution in [0.15, 0.2) is 71.1 Å². The van der Waals surface area contributed by atoms with Gasteiger partial charge >= 0.3 is 6.18 Å². The van der Waals surface area contributed by atoms with Gasteiger partial charge in [0.25, 0.3) is 5.91 Å². The van der Waals surface area contributed by atoms with Gasteiger partial charge in [0, 0.05) is 34.9 Å². The number of halogens is 4. The quantitative estimate of drug-likeness (QED) is 0.593. The fraction of sp³-hybridized carbons (Fsp3) is 0.250. The fourth-order valence-electron chi connectivity index (χ4n) is 4.25. The molecule has 4 nitrogen and oxygen atoms in total. The molecule has 2 N–H and O–H groups in total. The average molecular weight is 461 g/mol. The first kappa shape index (κ1) is 22.1. The van der Waals surface area contributed by atoms with Crippen LogP contribution in [0.1, 0.15) is 43.2 Å². The molecule has 1 atom stereocenters. The molecular weight excluding hydrogens is 441 g/mol. The molecule has 0 saturated carbocycles. The van der Waals surface area contributed by atoms with E-state index in [0.29, 0.717) is 24.1 Å². The standard InChI is InChI=1S/C24H20ClF3N2O2/c1-13-20(23(32)30-18-12-15(24(26,27)28)10-11-16(18)25)21(14-6-3-2-4-7-14)22-17(29-13)8-5-9-19(22)31/h2-4,6-7,10-12,21,29H,5,8-9H2,1H3,(H,30,32)/t21-/m0/s1. The molecule has 166 valence electrons. The summed E-state index contributed by atoms with van der Waals surface area (Å²) >= 11 is 6.08. The van der Waals surface area contributed by atoms with E-state index in [1.165, 1.54) is 0 Å². The molecule has 0 radical (unpaired) electrons. The van der Waals surface area contributed by atoms with Crippen LogP contribution >= 0.6 is 11.6 Å². The van der Waals surface area contributed by atoms with Crippen molar-refractivity contribution >= 4 is 29.0 Å². The van der Waals surface area contributed by atoms with Crippen molar-refractivity contribution in [3.8, 4) is 0 Å². The number of carbonyl (C=O) groups is 2. The average Bonchev–Trinajstić information content (AvgIpc) is 2.74. The number of benzene rings is 2. The molecule has 2 aromatic rings. The Kier molecular flexibility index (Phi) is 5.86. The Morgan fingerprint density at radius 1 is 1.12 bits per heavy atom. The summed E-state index contributed by atoms with van der Waals surface area (Å²) < 4.78 is 39.4. The second-order valence-corrected chi connectivity index (χ2v) is 8.23. The van der Waals surface area contributed by atoms with Gasteiger partial charge in [-0.3, -0.25) is 9.59 Å². The van der Waals surface area contributed by atoms with Crippen molar-refractivity contribution in [3.05, 3.63) is 87.2 Å². The van der Waals surface area contributed by atoms with Gasteiger partial charge in [-0.05, 0) is 43.5 Å². The van der Waals surface area contributed by atoms with E-state index in [1.54, 1.807) is 6.92 Å². The van der Waals surface area contributed by atoms with Gasteiger partial charge in [0.1, 0.15) is 0 Å². The number of hydrogen-bond acceptors (Lipinski definition) is 3. The van der Waals surface area contributed by atoms with E-state index in [0.717, 1.165) is 35.9 Å². The van der Waals surface area contributed by atoms with Crippen molar-refractivity contribution in [2.45, 2.75) is 38.3 Å². The molecule has 1 aliphatic carbocycles. The monoisotopic (exact) mass is 460 g/mol. The van der Waals surface area contributed by atoms with E-state index >= 15 is 0 Å². The van der Waals surface area contributed by atoms with Crippen molar-refractivity contribution < 1.29 is 22.8 Å². The number of rotatable bonds is 3. The molecule has 0 bridgehead atoms. The zero-order valence-corrected chi connectivity index (χ0v) is 17.9. The van der Waals surface area contributed by atoms with Crippen molar-refractivity contribution in [1.29, 1.82) is 0 Å². The number of anilines is 1. The molecule has 8 heteroatoms. The van der Waals surface area contributed by atoms with Crippen LogP contribution in [0.4, 0.5) is 18.9 Å². The zero-order valence-electron chi connectivity index (χ0n) is 17.1. The van der Waals surface area contributed by atoms with Gasteiger partial charge in [-0.1, -0.05) is 41.9 Å². The van der Waals surface area contributed by atoms with Crippen LogP contribution in [-0.2, 0) is 15.8 Å². The number of carbonyl (C=O) groups excluding carboxylic acids is 2. The van der Waals surface area contributed by atoms with E-state index in [1.807, 2.05) is 30.3 Å². The summed E-state index contributed by atoms with van der Waals surface area (Å²) in [6, 6.07) is 11.9. The molecule has 0 saturated heterocycles. The van der Waals surface area contributed by atoms with Gasteiger partial charge in [0.05, 0.1) is 16.3 Å². The van der Waals surface area contributed by atoms with Gasteiger partial charge in [0.15, 0.2) is 5.78 Å². The summed E-state index contributed by atoms with van der Waals surface area (Å²) in [4.78, 5) is 26.2. The van der Waals surface area contributed by atoms with Crippen LogP contribution in [0.25, 0.3) is 0 Å². The number of hydrogen-bond donors (Lipinski definition) is 2. The van der Waals surface area contributed by atoms with Gasteiger partial charge in [0.2, 0.25) is 0 Å². The third kappa shape index (κ3) is 4.17. The number of ketones is 1. The Balaban J connectivity index is 1.76. The Morgan fingerprint density at radius 2 is 1.84 bits per heavy atom. The molecule has 0 fully saturated rings. The lowest BCUT2D eigenvalue weighted by Gasteiger charge is -2.34. The molecule has 0 spiro atoms. The van der Waals surface area contributed by atoms with E-state index in [9.17, 15) is 22.8 Å². The summed E-state index contributed by atoms with van der Waals surface area (Å²) in [5, 5.41) is 5.69. The minimum atomic E-state index is -4.58. The van der Waals surface area contributed by atoms with E-state index in [2.05, 4.69) is 10.6 Å². The van der Waals surface area contributed by atoms with E-state index in [4.69, 9.17) is 11.6 Å². The van der Waals surface area contributed by atoms with Crippen LogP contribution in [-0.4, -0.2) is 11.7 Å². The highest BCUT2D eigenvalue weighted by Crippen LogP contribution is 2.43. The normalized spacial score (nSPS) is 18.9. The topological polar surface area (TPSA) is 58.2 Å². The van der Waals surface area contributed by atoms with Crippen LogP contribution in [0.3, 0.4) is 0 Å². The van der Waals surface area contributed by atoms with Crippen LogP contribution in [0.2, 0.25) is 5.02 Å². The maximum absolute atomic E-state index is 13.4. The fourth-order valence-corrected chi connectivity index (χ4v) is 4.41. The summed E-state index contributed by atoms with van der Waals surface area (Å²) in [5.41, 5.74) is 1.85. The SMILES string of the molecule is CC1=C(C(=O)Nc2cc(C(F)(F)F)ccc2Cl)[C@H](c2ccccc2)C2=C(CCCC2=O)N1. The Labute approximate surface area is 188 Å². The molecule has 1 heterocycles. The highest BCUT2D eigenvalue weighted by Gasteiger charge is 2.38. The molecule has 1 aliphatic heterocycles. The lowest BCUT2D eigenvalue weighted by Crippen LogP contribution is -2.35. The summed E-state index contributed by atoms with van der Waals surface area (Å²) in [7, 11) is 0. The first-order valence-corrected chi connectivity index (χ1v) is 10.5. The first-order valence-electron chi connectivity index (χ1n) is 10.1. The predicted octanol–water partition coefficient (Wildman–Crippen LogP) is 5.97. The molecule has 2 aliphatic rings. The highest BCUT2D eigenvalue weighted by atomic mass is 35.5. The molecule has 4 rings (SSSR count). The molecule has 0 unspecified atom stereocenters. The zero-order chi connectivity index (χ0) is 23.0. The molecule has 2 aromatic carbocycles. The Morgan fingerprint density at radius 3 is 2.53 bits per heavy atom. The molecule has 1 amide bonds. The smallest absolute Gasteiger partial charge is 0.362 e. The van der Waals surface area contributed by atoms with E-state index < -0.39 is 23.6 Å². The number of dihydropyridines is 1. The number of amides is 1. The lowest BCUT2D eigenvalue weighted by molar-refractivity contribution is -0.137. The van der Waals surface area contributed by atoms with Crippen LogP contribution < -0.4 is 10.6 Å². The van der Waals surface area contributed by atoms with Crippen molar-refractivity contribution in [2.24, 2.45) is 0 Å². The Hall–Kier alpha value is -3.06. The third-order valence-electron chi connectivity index (χ3n) is 5.70.